The van der Waals surface area contributed by atoms with Crippen molar-refractivity contribution in [3.63, 3.8) is 0 Å². The lowest BCUT2D eigenvalue weighted by Crippen LogP contribution is -2.25. The van der Waals surface area contributed by atoms with Gasteiger partial charge in [0.25, 0.3) is 0 Å². The van der Waals surface area contributed by atoms with Gasteiger partial charge in [-0.25, -0.2) is 4.98 Å². The van der Waals surface area contributed by atoms with Gasteiger partial charge in [0.15, 0.2) is 12.1 Å². The van der Waals surface area contributed by atoms with E-state index in [1.807, 2.05) is 12.1 Å². The monoisotopic (exact) mass is 459 g/mol. The van der Waals surface area contributed by atoms with Crippen molar-refractivity contribution < 1.29 is 23.8 Å². The Bertz CT molecular complexity index is 925. The van der Waals surface area contributed by atoms with Gasteiger partial charge in [0.05, 0.1) is 12.3 Å². The summed E-state index contributed by atoms with van der Waals surface area (Å²) < 4.78 is 16.9. The molecule has 0 aliphatic carbocycles. The van der Waals surface area contributed by atoms with E-state index in [0.717, 1.165) is 55.0 Å². The number of esters is 1. The van der Waals surface area contributed by atoms with Gasteiger partial charge in [-0.2, -0.15) is 0 Å². The van der Waals surface area contributed by atoms with Crippen LogP contribution >= 0.6 is 11.3 Å². The number of thiazole rings is 1. The van der Waals surface area contributed by atoms with Gasteiger partial charge >= 0.3 is 5.97 Å². The van der Waals surface area contributed by atoms with E-state index < -0.39 is 11.6 Å². The second kappa shape index (κ2) is 11.2. The summed E-state index contributed by atoms with van der Waals surface area (Å²) in [5, 5.41) is 0.850. The molecule has 0 radical (unpaired) electrons. The summed E-state index contributed by atoms with van der Waals surface area (Å²) in [6, 6.07) is 7.29. The minimum absolute atomic E-state index is 0.155. The number of benzene rings is 1. The van der Waals surface area contributed by atoms with Crippen LogP contribution < -0.4 is 0 Å². The summed E-state index contributed by atoms with van der Waals surface area (Å²) in [7, 11) is 0. The maximum Gasteiger partial charge on any atom is 0.314 e. The topological polar surface area (TPSA) is 74.7 Å². The third-order valence-corrected chi connectivity index (χ3v) is 6.16. The minimum Gasteiger partial charge on any atom is -0.460 e. The molecule has 0 bridgehead atoms. The molecule has 1 unspecified atom stereocenters. The van der Waals surface area contributed by atoms with Crippen molar-refractivity contribution >= 4 is 23.1 Å². The second-order valence-corrected chi connectivity index (χ2v) is 10.1. The standard InChI is InChI=1S/C25H33NO5S/c1-5-9-21-19(16-30-23-12-6-7-13-29-23)26-24(32-21)18-11-8-10-17(14-18)20(27)15-22(28)31-25(2,3)4/h8,10-11,14,23H,5-7,9,12-13,15-16H2,1-4H3. The van der Waals surface area contributed by atoms with E-state index in [2.05, 4.69) is 6.92 Å². The van der Waals surface area contributed by atoms with E-state index in [-0.39, 0.29) is 18.5 Å². The van der Waals surface area contributed by atoms with Gasteiger partial charge in [0, 0.05) is 22.6 Å². The summed E-state index contributed by atoms with van der Waals surface area (Å²) in [4.78, 5) is 30.7. The molecule has 3 rings (SSSR count). The van der Waals surface area contributed by atoms with Crippen molar-refractivity contribution in [2.24, 2.45) is 0 Å². The third kappa shape index (κ3) is 7.22. The highest BCUT2D eigenvalue weighted by Crippen LogP contribution is 2.31. The lowest BCUT2D eigenvalue weighted by molar-refractivity contribution is -0.169. The van der Waals surface area contributed by atoms with Crippen LogP contribution in [0.15, 0.2) is 24.3 Å². The zero-order valence-electron chi connectivity index (χ0n) is 19.4. The van der Waals surface area contributed by atoms with E-state index in [9.17, 15) is 9.59 Å². The van der Waals surface area contributed by atoms with Crippen molar-refractivity contribution in [2.75, 3.05) is 6.61 Å². The fourth-order valence-electron chi connectivity index (χ4n) is 3.49. The summed E-state index contributed by atoms with van der Waals surface area (Å²) >= 11 is 1.63. The van der Waals surface area contributed by atoms with Crippen LogP contribution in [-0.4, -0.2) is 35.2 Å². The van der Waals surface area contributed by atoms with E-state index in [1.165, 1.54) is 4.88 Å². The van der Waals surface area contributed by atoms with Gasteiger partial charge in [0.2, 0.25) is 0 Å². The molecule has 2 aromatic rings. The van der Waals surface area contributed by atoms with Crippen molar-refractivity contribution in [3.05, 3.63) is 40.4 Å². The first-order valence-electron chi connectivity index (χ1n) is 11.3. The van der Waals surface area contributed by atoms with E-state index >= 15 is 0 Å². The summed E-state index contributed by atoms with van der Waals surface area (Å²) in [5.41, 5.74) is 1.67. The van der Waals surface area contributed by atoms with E-state index in [4.69, 9.17) is 19.2 Å². The quantitative estimate of drug-likeness (QED) is 0.271. The number of aromatic nitrogens is 1. The highest BCUT2D eigenvalue weighted by molar-refractivity contribution is 7.15. The van der Waals surface area contributed by atoms with Crippen molar-refractivity contribution in [1.29, 1.82) is 0 Å². The van der Waals surface area contributed by atoms with Gasteiger partial charge in [-0.05, 0) is 52.5 Å². The maximum absolute atomic E-state index is 12.6. The molecule has 1 aliphatic rings. The van der Waals surface area contributed by atoms with Gasteiger partial charge in [0.1, 0.15) is 17.0 Å². The number of ketones is 1. The number of aryl methyl sites for hydroxylation is 1. The Morgan fingerprint density at radius 3 is 2.75 bits per heavy atom. The number of hydrogen-bond donors (Lipinski definition) is 0. The fourth-order valence-corrected chi connectivity index (χ4v) is 4.66. The lowest BCUT2D eigenvalue weighted by Gasteiger charge is -2.22. The zero-order valence-corrected chi connectivity index (χ0v) is 20.3. The molecule has 0 saturated carbocycles. The molecule has 1 aromatic carbocycles. The molecule has 7 heteroatoms. The molecule has 0 amide bonds. The predicted octanol–water partition coefficient (Wildman–Crippen LogP) is 5.72. The predicted molar refractivity (Wildman–Crippen MR) is 125 cm³/mol. The van der Waals surface area contributed by atoms with Crippen LogP contribution in [0.25, 0.3) is 10.6 Å². The van der Waals surface area contributed by atoms with Crippen LogP contribution in [0.3, 0.4) is 0 Å². The van der Waals surface area contributed by atoms with Gasteiger partial charge < -0.3 is 14.2 Å². The summed E-state index contributed by atoms with van der Waals surface area (Å²) in [6.07, 6.45) is 4.64. The first kappa shape index (κ1) is 24.6. The Hall–Kier alpha value is -2.09. The molecule has 6 nitrogen and oxygen atoms in total. The van der Waals surface area contributed by atoms with Gasteiger partial charge in [-0.15, -0.1) is 11.3 Å². The Morgan fingerprint density at radius 2 is 2.06 bits per heavy atom. The smallest absolute Gasteiger partial charge is 0.314 e. The van der Waals surface area contributed by atoms with Crippen LogP contribution in [0.5, 0.6) is 0 Å². The van der Waals surface area contributed by atoms with Gasteiger partial charge in [-0.1, -0.05) is 31.5 Å². The highest BCUT2D eigenvalue weighted by atomic mass is 32.1. The number of carbonyl (C=O) groups is 2. The Labute approximate surface area is 194 Å². The number of nitrogens with zero attached hydrogens (tertiary/aromatic N) is 1. The largest absolute Gasteiger partial charge is 0.460 e. The molecule has 1 aromatic heterocycles. The molecule has 0 N–H and O–H groups in total. The van der Waals surface area contributed by atoms with Crippen molar-refractivity contribution in [3.8, 4) is 10.6 Å². The van der Waals surface area contributed by atoms with Crippen molar-refractivity contribution in [1.82, 2.24) is 4.98 Å². The highest BCUT2D eigenvalue weighted by Gasteiger charge is 2.21. The number of Topliss-reactive ketones (excluding diaryl/α,β-unsaturated/α-hetero) is 1. The third-order valence-electron chi connectivity index (χ3n) is 4.96. The first-order valence-corrected chi connectivity index (χ1v) is 12.1. The molecule has 1 atom stereocenters. The normalized spacial score (nSPS) is 16.7. The zero-order chi connectivity index (χ0) is 23.1. The van der Waals surface area contributed by atoms with E-state index in [0.29, 0.717) is 12.2 Å². The molecule has 1 aliphatic heterocycles. The number of carbonyl (C=O) groups excluding carboxylic acids is 2. The Balaban J connectivity index is 1.72. The summed E-state index contributed by atoms with van der Waals surface area (Å²) in [5.74, 6) is -0.777. The summed E-state index contributed by atoms with van der Waals surface area (Å²) in [6.45, 7) is 8.67. The van der Waals surface area contributed by atoms with Crippen LogP contribution in [0.4, 0.5) is 0 Å². The molecular weight excluding hydrogens is 426 g/mol. The molecular formula is C25H33NO5S. The van der Waals surface area contributed by atoms with Crippen LogP contribution in [0.2, 0.25) is 0 Å². The molecule has 2 heterocycles. The van der Waals surface area contributed by atoms with Gasteiger partial charge in [-0.3, -0.25) is 9.59 Å². The van der Waals surface area contributed by atoms with Crippen LogP contribution in [-0.2, 0) is 32.0 Å². The SMILES string of the molecule is CCCc1sc(-c2cccc(C(=O)CC(=O)OC(C)(C)C)c2)nc1COC1CCCCO1. The minimum atomic E-state index is -0.614. The number of ether oxygens (including phenoxy) is 3. The maximum atomic E-state index is 12.6. The molecule has 32 heavy (non-hydrogen) atoms. The lowest BCUT2D eigenvalue weighted by atomic mass is 10.1. The van der Waals surface area contributed by atoms with Crippen LogP contribution in [0.1, 0.15) is 80.7 Å². The van der Waals surface area contributed by atoms with E-state index in [1.54, 1.807) is 44.2 Å². The van der Waals surface area contributed by atoms with Crippen molar-refractivity contribution in [2.45, 2.75) is 84.7 Å². The molecule has 0 spiro atoms. The number of hydrogen-bond acceptors (Lipinski definition) is 7. The molecule has 174 valence electrons. The average Bonchev–Trinajstić information content (AvgIpc) is 3.15. The average molecular weight is 460 g/mol. The molecule has 1 fully saturated rings. The molecule has 1 saturated heterocycles. The second-order valence-electron chi connectivity index (χ2n) is 9.01. The number of rotatable bonds is 9. The van der Waals surface area contributed by atoms with Crippen LogP contribution in [0, 0.1) is 0 Å². The Morgan fingerprint density at radius 1 is 1.25 bits per heavy atom. The fraction of sp³-hybridized carbons (Fsp3) is 0.560. The Kier molecular flexibility index (Phi) is 8.57. The first-order chi connectivity index (χ1) is 15.2.